The van der Waals surface area contributed by atoms with Crippen molar-refractivity contribution in [2.75, 3.05) is 20.8 Å². The number of methoxy groups -OCH3 is 1. The predicted octanol–water partition coefficient (Wildman–Crippen LogP) is 1.75. The zero-order valence-electron chi connectivity index (χ0n) is 12.7. The first-order valence-electron chi connectivity index (χ1n) is 6.90. The van der Waals surface area contributed by atoms with Gasteiger partial charge in [-0.1, -0.05) is 30.3 Å². The molecule has 1 atom stereocenters. The summed E-state index contributed by atoms with van der Waals surface area (Å²) >= 11 is 0. The molecule has 1 heterocycles. The lowest BCUT2D eigenvalue weighted by Crippen LogP contribution is -2.41. The predicted molar refractivity (Wildman–Crippen MR) is 81.1 cm³/mol. The lowest BCUT2D eigenvalue weighted by atomic mass is 10.0. The Kier molecular flexibility index (Phi) is 5.11. The van der Waals surface area contributed by atoms with Crippen molar-refractivity contribution in [2.45, 2.75) is 12.5 Å². The topological polar surface area (TPSA) is 47.4 Å². The number of ether oxygens (including phenoxy) is 1. The molecule has 0 unspecified atom stereocenters. The zero-order valence-corrected chi connectivity index (χ0v) is 12.7. The molecule has 0 aliphatic heterocycles. The highest BCUT2D eigenvalue weighted by molar-refractivity contribution is 5.93. The van der Waals surface area contributed by atoms with Crippen LogP contribution in [-0.4, -0.2) is 47.4 Å². The van der Waals surface area contributed by atoms with Gasteiger partial charge in [-0.15, -0.1) is 0 Å². The second-order valence-electron chi connectivity index (χ2n) is 5.12. The molecule has 112 valence electrons. The van der Waals surface area contributed by atoms with Gasteiger partial charge in [-0.05, 0) is 12.0 Å². The van der Waals surface area contributed by atoms with Gasteiger partial charge in [0.05, 0.1) is 24.4 Å². The number of carbonyl (C=O) groups excluding carboxylic acids is 1. The summed E-state index contributed by atoms with van der Waals surface area (Å²) in [7, 11) is 5.26. The lowest BCUT2D eigenvalue weighted by Gasteiger charge is -2.27. The summed E-state index contributed by atoms with van der Waals surface area (Å²) in [4.78, 5) is 14.2. The van der Waals surface area contributed by atoms with Crippen molar-refractivity contribution in [3.05, 3.63) is 53.9 Å². The maximum Gasteiger partial charge on any atom is 0.257 e. The Hall–Kier alpha value is -2.14. The van der Waals surface area contributed by atoms with Gasteiger partial charge in [0.15, 0.2) is 0 Å². The summed E-state index contributed by atoms with van der Waals surface area (Å²) in [6, 6.07) is 10.1. The minimum absolute atomic E-state index is 0.00916. The molecule has 0 aliphatic carbocycles. The van der Waals surface area contributed by atoms with Crippen LogP contribution in [-0.2, 0) is 18.2 Å². The molecule has 0 N–H and O–H groups in total. The van der Waals surface area contributed by atoms with E-state index in [1.165, 1.54) is 5.56 Å². The molecule has 0 saturated carbocycles. The van der Waals surface area contributed by atoms with Crippen molar-refractivity contribution in [2.24, 2.45) is 7.05 Å². The Bertz CT molecular complexity index is 580. The van der Waals surface area contributed by atoms with Crippen LogP contribution >= 0.6 is 0 Å². The standard InChI is InChI=1S/C16H21N3O2/c1-18-11-14(10-17-18)16(20)19(2)15(12-21-3)9-13-7-5-4-6-8-13/h4-8,10-11,15H,9,12H2,1-3H3/t15-/m1/s1. The number of hydrogen-bond donors (Lipinski definition) is 0. The molecule has 0 spiro atoms. The summed E-state index contributed by atoms with van der Waals surface area (Å²) < 4.78 is 6.90. The molecule has 2 aromatic rings. The van der Waals surface area contributed by atoms with Crippen molar-refractivity contribution < 1.29 is 9.53 Å². The first-order chi connectivity index (χ1) is 10.1. The van der Waals surface area contributed by atoms with Crippen molar-refractivity contribution in [1.82, 2.24) is 14.7 Å². The van der Waals surface area contributed by atoms with Gasteiger partial charge in [0, 0.05) is 27.4 Å². The van der Waals surface area contributed by atoms with E-state index in [0.29, 0.717) is 12.2 Å². The van der Waals surface area contributed by atoms with Gasteiger partial charge < -0.3 is 9.64 Å². The second-order valence-corrected chi connectivity index (χ2v) is 5.12. The minimum atomic E-state index is -0.0407. The quantitative estimate of drug-likeness (QED) is 0.813. The maximum atomic E-state index is 12.5. The number of likely N-dealkylation sites (N-methyl/N-ethyl adjacent to an activating group) is 1. The number of hydrogen-bond acceptors (Lipinski definition) is 3. The zero-order chi connectivity index (χ0) is 15.2. The number of aryl methyl sites for hydroxylation is 1. The van der Waals surface area contributed by atoms with Crippen molar-refractivity contribution in [3.8, 4) is 0 Å². The molecule has 2 rings (SSSR count). The van der Waals surface area contributed by atoms with Crippen LogP contribution in [0.15, 0.2) is 42.7 Å². The Morgan fingerprint density at radius 3 is 2.67 bits per heavy atom. The highest BCUT2D eigenvalue weighted by atomic mass is 16.5. The molecule has 1 aromatic carbocycles. The molecule has 5 heteroatoms. The fourth-order valence-electron chi connectivity index (χ4n) is 2.29. The number of benzene rings is 1. The number of carbonyl (C=O) groups is 1. The number of amides is 1. The minimum Gasteiger partial charge on any atom is -0.383 e. The summed E-state index contributed by atoms with van der Waals surface area (Å²) in [5.41, 5.74) is 1.78. The van der Waals surface area contributed by atoms with E-state index >= 15 is 0 Å². The summed E-state index contributed by atoms with van der Waals surface area (Å²) in [6.07, 6.45) is 4.08. The third-order valence-corrected chi connectivity index (χ3v) is 3.49. The Morgan fingerprint density at radius 2 is 2.10 bits per heavy atom. The van der Waals surface area contributed by atoms with Crippen LogP contribution in [0.25, 0.3) is 0 Å². The third-order valence-electron chi connectivity index (χ3n) is 3.49. The van der Waals surface area contributed by atoms with E-state index in [1.807, 2.05) is 25.2 Å². The van der Waals surface area contributed by atoms with Crippen LogP contribution in [0.1, 0.15) is 15.9 Å². The van der Waals surface area contributed by atoms with Gasteiger partial charge in [0.2, 0.25) is 0 Å². The van der Waals surface area contributed by atoms with Crippen LogP contribution in [0.3, 0.4) is 0 Å². The average Bonchev–Trinajstić information content (AvgIpc) is 2.93. The number of aromatic nitrogens is 2. The largest absolute Gasteiger partial charge is 0.383 e. The van der Waals surface area contributed by atoms with E-state index in [1.54, 1.807) is 36.1 Å². The summed E-state index contributed by atoms with van der Waals surface area (Å²) in [5, 5.41) is 4.05. The normalized spacial score (nSPS) is 12.1. The van der Waals surface area contributed by atoms with Crippen molar-refractivity contribution in [3.63, 3.8) is 0 Å². The van der Waals surface area contributed by atoms with Gasteiger partial charge in [-0.3, -0.25) is 9.48 Å². The van der Waals surface area contributed by atoms with E-state index in [-0.39, 0.29) is 11.9 Å². The van der Waals surface area contributed by atoms with Gasteiger partial charge in [0.1, 0.15) is 0 Å². The highest BCUT2D eigenvalue weighted by Gasteiger charge is 2.22. The molecule has 21 heavy (non-hydrogen) atoms. The number of rotatable bonds is 6. The van der Waals surface area contributed by atoms with E-state index in [9.17, 15) is 4.79 Å². The monoisotopic (exact) mass is 287 g/mol. The Balaban J connectivity index is 2.11. The van der Waals surface area contributed by atoms with Gasteiger partial charge in [-0.25, -0.2) is 0 Å². The van der Waals surface area contributed by atoms with E-state index in [0.717, 1.165) is 6.42 Å². The number of nitrogens with zero attached hydrogens (tertiary/aromatic N) is 3. The van der Waals surface area contributed by atoms with E-state index in [2.05, 4.69) is 17.2 Å². The van der Waals surface area contributed by atoms with Crippen LogP contribution in [0.2, 0.25) is 0 Å². The van der Waals surface area contributed by atoms with Crippen LogP contribution in [0, 0.1) is 0 Å². The molecule has 0 saturated heterocycles. The first kappa shape index (κ1) is 15.3. The summed E-state index contributed by atoms with van der Waals surface area (Å²) in [5.74, 6) is -0.0407. The molecule has 0 fully saturated rings. The van der Waals surface area contributed by atoms with Crippen molar-refractivity contribution >= 4 is 5.91 Å². The SMILES string of the molecule is COC[C@@H](Cc1ccccc1)N(C)C(=O)c1cnn(C)c1. The molecule has 0 aliphatic rings. The van der Waals surface area contributed by atoms with Crippen LogP contribution < -0.4 is 0 Å². The molecular formula is C16H21N3O2. The van der Waals surface area contributed by atoms with Crippen molar-refractivity contribution in [1.29, 1.82) is 0 Å². The van der Waals surface area contributed by atoms with E-state index < -0.39 is 0 Å². The molecule has 1 aromatic heterocycles. The molecule has 0 radical (unpaired) electrons. The van der Waals surface area contributed by atoms with Crippen LogP contribution in [0.5, 0.6) is 0 Å². The van der Waals surface area contributed by atoms with Gasteiger partial charge >= 0.3 is 0 Å². The Labute approximate surface area is 125 Å². The smallest absolute Gasteiger partial charge is 0.257 e. The fraction of sp³-hybridized carbons (Fsp3) is 0.375. The fourth-order valence-corrected chi connectivity index (χ4v) is 2.29. The van der Waals surface area contributed by atoms with Gasteiger partial charge in [-0.2, -0.15) is 5.10 Å². The maximum absolute atomic E-state index is 12.5. The lowest BCUT2D eigenvalue weighted by molar-refractivity contribution is 0.0604. The van der Waals surface area contributed by atoms with E-state index in [4.69, 9.17) is 4.74 Å². The third kappa shape index (κ3) is 3.92. The molecule has 1 amide bonds. The second kappa shape index (κ2) is 7.04. The van der Waals surface area contributed by atoms with Gasteiger partial charge in [0.25, 0.3) is 5.91 Å². The van der Waals surface area contributed by atoms with Crippen LogP contribution in [0.4, 0.5) is 0 Å². The molecule has 0 bridgehead atoms. The summed E-state index contributed by atoms with van der Waals surface area (Å²) in [6.45, 7) is 0.497. The Morgan fingerprint density at radius 1 is 1.38 bits per heavy atom. The highest BCUT2D eigenvalue weighted by Crippen LogP contribution is 2.12. The molecule has 5 nitrogen and oxygen atoms in total. The first-order valence-corrected chi connectivity index (χ1v) is 6.90. The molecular weight excluding hydrogens is 266 g/mol. The average molecular weight is 287 g/mol.